The van der Waals surface area contributed by atoms with Crippen LogP contribution < -0.4 is 4.90 Å². The molecule has 0 fully saturated rings. The second kappa shape index (κ2) is 9.06. The minimum atomic E-state index is 1.16. The van der Waals surface area contributed by atoms with Gasteiger partial charge >= 0.3 is 0 Å². The fourth-order valence-electron chi connectivity index (χ4n) is 4.12. The van der Waals surface area contributed by atoms with E-state index < -0.39 is 0 Å². The maximum absolute atomic E-state index is 2.37. The normalized spacial score (nSPS) is 11.1. The van der Waals surface area contributed by atoms with Gasteiger partial charge in [-0.2, -0.15) is 0 Å². The second-order valence-corrected chi connectivity index (χ2v) is 8.25. The average molecular weight is 404 g/mol. The van der Waals surface area contributed by atoms with E-state index in [1.54, 1.807) is 0 Å². The Labute approximate surface area is 186 Å². The molecule has 0 heterocycles. The number of benzene rings is 4. The summed E-state index contributed by atoms with van der Waals surface area (Å²) in [5.41, 5.74) is 11.1. The standard InChI is InChI=1S/C30H29N/c1-22-10-16-28(17-11-22)31(30-24(3)20-23(2)21-25(30)4)29-18-14-27(15-19-29)13-12-26-8-6-5-7-9-26/h5-21H,1-4H3. The first-order valence-corrected chi connectivity index (χ1v) is 10.8. The van der Waals surface area contributed by atoms with Crippen molar-refractivity contribution in [3.8, 4) is 0 Å². The highest BCUT2D eigenvalue weighted by atomic mass is 15.1. The lowest BCUT2D eigenvalue weighted by molar-refractivity contribution is 1.20. The van der Waals surface area contributed by atoms with Crippen molar-refractivity contribution in [1.29, 1.82) is 0 Å². The van der Waals surface area contributed by atoms with Gasteiger partial charge in [-0.1, -0.05) is 90.0 Å². The third-order valence-corrected chi connectivity index (χ3v) is 5.57. The highest BCUT2D eigenvalue weighted by Crippen LogP contribution is 2.39. The summed E-state index contributed by atoms with van der Waals surface area (Å²) in [5.74, 6) is 0. The lowest BCUT2D eigenvalue weighted by Gasteiger charge is -2.29. The van der Waals surface area contributed by atoms with Gasteiger partial charge in [-0.15, -0.1) is 0 Å². The van der Waals surface area contributed by atoms with Crippen LogP contribution in [0.2, 0.25) is 0 Å². The molecule has 4 aromatic rings. The van der Waals surface area contributed by atoms with Crippen LogP contribution in [0.4, 0.5) is 17.1 Å². The van der Waals surface area contributed by atoms with Crippen LogP contribution >= 0.6 is 0 Å². The van der Waals surface area contributed by atoms with Gasteiger partial charge in [0.2, 0.25) is 0 Å². The number of anilines is 3. The van der Waals surface area contributed by atoms with E-state index in [9.17, 15) is 0 Å². The molecular weight excluding hydrogens is 374 g/mol. The number of hydrogen-bond acceptors (Lipinski definition) is 1. The monoisotopic (exact) mass is 403 g/mol. The Morgan fingerprint density at radius 1 is 0.516 bits per heavy atom. The molecule has 31 heavy (non-hydrogen) atoms. The summed E-state index contributed by atoms with van der Waals surface area (Å²) >= 11 is 0. The van der Waals surface area contributed by atoms with E-state index in [1.165, 1.54) is 44.8 Å². The average Bonchev–Trinajstić information content (AvgIpc) is 2.77. The molecule has 0 saturated carbocycles. The van der Waals surface area contributed by atoms with E-state index in [-0.39, 0.29) is 0 Å². The van der Waals surface area contributed by atoms with Crippen molar-refractivity contribution in [3.05, 3.63) is 124 Å². The van der Waals surface area contributed by atoms with Crippen molar-refractivity contribution >= 4 is 29.2 Å². The topological polar surface area (TPSA) is 3.24 Å². The highest BCUT2D eigenvalue weighted by Gasteiger charge is 2.17. The Morgan fingerprint density at radius 2 is 1.00 bits per heavy atom. The smallest absolute Gasteiger partial charge is 0.0520 e. The summed E-state index contributed by atoms with van der Waals surface area (Å²) in [5, 5.41) is 0. The minimum Gasteiger partial charge on any atom is -0.310 e. The number of rotatable bonds is 5. The van der Waals surface area contributed by atoms with Gasteiger partial charge in [0, 0.05) is 11.4 Å². The van der Waals surface area contributed by atoms with E-state index in [1.807, 2.05) is 6.07 Å². The van der Waals surface area contributed by atoms with Crippen molar-refractivity contribution in [2.24, 2.45) is 0 Å². The molecule has 0 aliphatic heterocycles. The molecule has 0 saturated heterocycles. The van der Waals surface area contributed by atoms with Gasteiger partial charge in [0.1, 0.15) is 0 Å². The quantitative estimate of drug-likeness (QED) is 0.302. The van der Waals surface area contributed by atoms with Crippen LogP contribution in [0.1, 0.15) is 33.4 Å². The van der Waals surface area contributed by atoms with Crippen LogP contribution in [-0.4, -0.2) is 0 Å². The molecule has 0 spiro atoms. The van der Waals surface area contributed by atoms with E-state index in [2.05, 4.69) is 130 Å². The molecule has 0 atom stereocenters. The van der Waals surface area contributed by atoms with Gasteiger partial charge in [0.05, 0.1) is 5.69 Å². The van der Waals surface area contributed by atoms with Crippen molar-refractivity contribution in [3.63, 3.8) is 0 Å². The summed E-state index contributed by atoms with van der Waals surface area (Å²) in [7, 11) is 0. The fraction of sp³-hybridized carbons (Fsp3) is 0.133. The maximum Gasteiger partial charge on any atom is 0.0520 e. The Hall–Kier alpha value is -3.58. The molecule has 0 aliphatic carbocycles. The largest absolute Gasteiger partial charge is 0.310 e. The van der Waals surface area contributed by atoms with Gasteiger partial charge in [0.15, 0.2) is 0 Å². The third kappa shape index (κ3) is 4.78. The van der Waals surface area contributed by atoms with Crippen molar-refractivity contribution in [2.75, 3.05) is 4.90 Å². The Balaban J connectivity index is 1.74. The predicted molar refractivity (Wildman–Crippen MR) is 135 cm³/mol. The van der Waals surface area contributed by atoms with E-state index in [0.717, 1.165) is 5.69 Å². The van der Waals surface area contributed by atoms with Crippen molar-refractivity contribution in [1.82, 2.24) is 0 Å². The van der Waals surface area contributed by atoms with E-state index in [0.29, 0.717) is 0 Å². The number of nitrogens with zero attached hydrogens (tertiary/aromatic N) is 1. The van der Waals surface area contributed by atoms with Gasteiger partial charge in [0.25, 0.3) is 0 Å². The summed E-state index contributed by atoms with van der Waals surface area (Å²) < 4.78 is 0. The van der Waals surface area contributed by atoms with Crippen LogP contribution in [0.3, 0.4) is 0 Å². The molecule has 0 aliphatic rings. The minimum absolute atomic E-state index is 1.16. The molecule has 0 bridgehead atoms. The van der Waals surface area contributed by atoms with Crippen molar-refractivity contribution < 1.29 is 0 Å². The Kier molecular flexibility index (Phi) is 6.04. The zero-order valence-electron chi connectivity index (χ0n) is 18.8. The van der Waals surface area contributed by atoms with Gasteiger partial charge in [-0.05, 0) is 74.2 Å². The first kappa shape index (κ1) is 20.7. The van der Waals surface area contributed by atoms with Gasteiger partial charge < -0.3 is 4.90 Å². The molecule has 154 valence electrons. The lowest BCUT2D eigenvalue weighted by atomic mass is 10.0. The third-order valence-electron chi connectivity index (χ3n) is 5.57. The molecule has 0 unspecified atom stereocenters. The maximum atomic E-state index is 2.37. The number of hydrogen-bond donors (Lipinski definition) is 0. The fourth-order valence-corrected chi connectivity index (χ4v) is 4.12. The zero-order chi connectivity index (χ0) is 21.8. The number of aryl methyl sites for hydroxylation is 4. The molecule has 4 rings (SSSR count). The SMILES string of the molecule is Cc1ccc(N(c2ccc(C=Cc3ccccc3)cc2)c2c(C)cc(C)cc2C)cc1. The highest BCUT2D eigenvalue weighted by molar-refractivity contribution is 5.81. The van der Waals surface area contributed by atoms with Gasteiger partial charge in [-0.3, -0.25) is 0 Å². The molecule has 0 amide bonds. The molecule has 1 heteroatoms. The van der Waals surface area contributed by atoms with E-state index in [4.69, 9.17) is 0 Å². The van der Waals surface area contributed by atoms with Crippen LogP contribution in [0.15, 0.2) is 91.0 Å². The first-order valence-electron chi connectivity index (χ1n) is 10.8. The first-order chi connectivity index (χ1) is 15.0. The zero-order valence-corrected chi connectivity index (χ0v) is 18.8. The molecule has 0 aromatic heterocycles. The van der Waals surface area contributed by atoms with Crippen molar-refractivity contribution in [2.45, 2.75) is 27.7 Å². The van der Waals surface area contributed by atoms with Crippen LogP contribution in [0.5, 0.6) is 0 Å². The Bertz CT molecular complexity index is 1160. The molecule has 4 aromatic carbocycles. The summed E-state index contributed by atoms with van der Waals surface area (Å²) in [6.07, 6.45) is 4.32. The predicted octanol–water partition coefficient (Wildman–Crippen LogP) is 8.56. The van der Waals surface area contributed by atoms with Crippen LogP contribution in [0, 0.1) is 27.7 Å². The molecule has 1 nitrogen and oxygen atoms in total. The van der Waals surface area contributed by atoms with Crippen LogP contribution in [-0.2, 0) is 0 Å². The van der Waals surface area contributed by atoms with Crippen LogP contribution in [0.25, 0.3) is 12.2 Å². The lowest BCUT2D eigenvalue weighted by Crippen LogP contribution is -2.13. The van der Waals surface area contributed by atoms with Gasteiger partial charge in [-0.25, -0.2) is 0 Å². The summed E-state index contributed by atoms with van der Waals surface area (Å²) in [4.78, 5) is 2.37. The molecule has 0 radical (unpaired) electrons. The second-order valence-electron chi connectivity index (χ2n) is 8.25. The Morgan fingerprint density at radius 3 is 1.55 bits per heavy atom. The van der Waals surface area contributed by atoms with E-state index >= 15 is 0 Å². The molecule has 0 N–H and O–H groups in total. The summed E-state index contributed by atoms with van der Waals surface area (Å²) in [6, 6.07) is 32.5. The summed E-state index contributed by atoms with van der Waals surface area (Å²) in [6.45, 7) is 8.69. The molecular formula is C30H29N.